The highest BCUT2D eigenvalue weighted by molar-refractivity contribution is 4.97. The second-order valence-corrected chi connectivity index (χ2v) is 3.22. The summed E-state index contributed by atoms with van der Waals surface area (Å²) in [6, 6.07) is 0. The lowest BCUT2D eigenvalue weighted by atomic mass is 9.87. The molecule has 1 fully saturated rings. The highest BCUT2D eigenvalue weighted by atomic mass is 19.3. The number of hydrogen-bond donors (Lipinski definition) is 3. The van der Waals surface area contributed by atoms with Gasteiger partial charge >= 0.3 is 0 Å². The van der Waals surface area contributed by atoms with Crippen molar-refractivity contribution in [1.82, 2.24) is 5.32 Å². The lowest BCUT2D eigenvalue weighted by Crippen LogP contribution is -2.60. The quantitative estimate of drug-likeness (QED) is 0.546. The van der Waals surface area contributed by atoms with Crippen LogP contribution in [-0.4, -0.2) is 36.3 Å². The van der Waals surface area contributed by atoms with Gasteiger partial charge in [0.15, 0.2) is 0 Å². The minimum absolute atomic E-state index is 0.0722. The van der Waals surface area contributed by atoms with E-state index in [9.17, 15) is 13.9 Å². The minimum atomic E-state index is -3.18. The Morgan fingerprint density at radius 3 is 2.67 bits per heavy atom. The van der Waals surface area contributed by atoms with Crippen LogP contribution in [-0.2, 0) is 0 Å². The first-order valence-corrected chi connectivity index (χ1v) is 4.03. The smallest absolute Gasteiger partial charge is 0.289 e. The van der Waals surface area contributed by atoms with Gasteiger partial charge in [0, 0.05) is 6.54 Å². The zero-order valence-electron chi connectivity index (χ0n) is 6.82. The molecule has 0 aliphatic carbocycles. The Morgan fingerprint density at radius 1 is 1.58 bits per heavy atom. The molecule has 0 saturated carbocycles. The molecule has 0 aromatic carbocycles. The number of aliphatic hydroxyl groups is 1. The number of piperidine rings is 1. The van der Waals surface area contributed by atoms with Crippen LogP contribution in [0.4, 0.5) is 8.78 Å². The number of nitrogens with two attached hydrogens (primary N) is 1. The third-order valence-electron chi connectivity index (χ3n) is 2.30. The lowest BCUT2D eigenvalue weighted by molar-refractivity contribution is -0.181. The van der Waals surface area contributed by atoms with Gasteiger partial charge in [-0.15, -0.1) is 0 Å². The van der Waals surface area contributed by atoms with E-state index < -0.39 is 18.1 Å². The molecule has 0 amide bonds. The van der Waals surface area contributed by atoms with E-state index in [1.807, 2.05) is 0 Å². The second kappa shape index (κ2) is 3.24. The Bertz CT molecular complexity index is 157. The summed E-state index contributed by atoms with van der Waals surface area (Å²) in [5, 5.41) is 12.2. The number of rotatable bonds is 2. The van der Waals surface area contributed by atoms with E-state index in [0.29, 0.717) is 13.0 Å². The van der Waals surface area contributed by atoms with Crippen LogP contribution in [0.25, 0.3) is 0 Å². The van der Waals surface area contributed by atoms with Crippen LogP contribution in [0, 0.1) is 0 Å². The van der Waals surface area contributed by atoms with Gasteiger partial charge in [-0.05, 0) is 19.4 Å². The molecule has 12 heavy (non-hydrogen) atoms. The summed E-state index contributed by atoms with van der Waals surface area (Å²) in [5.41, 5.74) is 2.94. The Balaban J connectivity index is 2.68. The van der Waals surface area contributed by atoms with Gasteiger partial charge < -0.3 is 16.2 Å². The van der Waals surface area contributed by atoms with Crippen LogP contribution >= 0.6 is 0 Å². The molecule has 1 unspecified atom stereocenters. The highest BCUT2D eigenvalue weighted by Gasteiger charge is 2.51. The predicted octanol–water partition coefficient (Wildman–Crippen LogP) is -0.305. The maximum atomic E-state index is 13.0. The molecule has 0 aromatic heterocycles. The Kier molecular flexibility index (Phi) is 2.65. The normalized spacial score (nSPS) is 32.0. The van der Waals surface area contributed by atoms with E-state index in [1.54, 1.807) is 0 Å². The van der Waals surface area contributed by atoms with Gasteiger partial charge in [0.2, 0.25) is 0 Å². The van der Waals surface area contributed by atoms with E-state index in [0.717, 1.165) is 0 Å². The number of halogens is 2. The monoisotopic (exact) mass is 180 g/mol. The average Bonchev–Trinajstić information content (AvgIpc) is 2.06. The molecular formula is C7H14F2N2O. The Morgan fingerprint density at radius 2 is 2.25 bits per heavy atom. The van der Waals surface area contributed by atoms with Crippen LogP contribution in [0.3, 0.4) is 0 Å². The molecule has 4 N–H and O–H groups in total. The first kappa shape index (κ1) is 9.83. The summed E-state index contributed by atoms with van der Waals surface area (Å²) in [6.45, 7) is -0.189. The Hall–Kier alpha value is -0.260. The standard InChI is InChI=1S/C7H14F2N2O/c8-7(9,4-10)6(12)2-1-3-11-5-6/h11-12H,1-5,10H2. The zero-order valence-corrected chi connectivity index (χ0v) is 6.82. The van der Waals surface area contributed by atoms with Crippen LogP contribution < -0.4 is 11.1 Å². The molecule has 1 saturated heterocycles. The average molecular weight is 180 g/mol. The van der Waals surface area contributed by atoms with Crippen LogP contribution in [0.2, 0.25) is 0 Å². The van der Waals surface area contributed by atoms with E-state index in [4.69, 9.17) is 5.73 Å². The van der Waals surface area contributed by atoms with Crippen molar-refractivity contribution in [1.29, 1.82) is 0 Å². The van der Waals surface area contributed by atoms with Gasteiger partial charge in [-0.3, -0.25) is 0 Å². The second-order valence-electron chi connectivity index (χ2n) is 3.22. The summed E-state index contributed by atoms with van der Waals surface area (Å²) in [4.78, 5) is 0. The Labute approximate surface area is 69.9 Å². The summed E-state index contributed by atoms with van der Waals surface area (Å²) in [5.74, 6) is -3.18. The molecule has 0 bridgehead atoms. The summed E-state index contributed by atoms with van der Waals surface area (Å²) in [6.07, 6.45) is 0.677. The third kappa shape index (κ3) is 1.57. The van der Waals surface area contributed by atoms with E-state index in [-0.39, 0.29) is 13.0 Å². The van der Waals surface area contributed by atoms with E-state index in [2.05, 4.69) is 5.32 Å². The lowest BCUT2D eigenvalue weighted by Gasteiger charge is -2.38. The summed E-state index contributed by atoms with van der Waals surface area (Å²) in [7, 11) is 0. The predicted molar refractivity (Wildman–Crippen MR) is 41.1 cm³/mol. The molecule has 1 aliphatic rings. The van der Waals surface area contributed by atoms with Gasteiger partial charge in [0.05, 0.1) is 6.54 Å². The fourth-order valence-corrected chi connectivity index (χ4v) is 1.39. The number of β-amino-alcohol motifs (C(OH)–C–C–N with tert-alkyl or cyclic N) is 1. The van der Waals surface area contributed by atoms with E-state index in [1.165, 1.54) is 0 Å². The van der Waals surface area contributed by atoms with Crippen molar-refractivity contribution in [3.8, 4) is 0 Å². The maximum absolute atomic E-state index is 13.0. The van der Waals surface area contributed by atoms with Gasteiger partial charge in [-0.2, -0.15) is 0 Å². The summed E-state index contributed by atoms with van der Waals surface area (Å²) < 4.78 is 26.0. The van der Waals surface area contributed by atoms with Gasteiger partial charge in [0.25, 0.3) is 5.92 Å². The molecule has 0 spiro atoms. The molecule has 72 valence electrons. The fourth-order valence-electron chi connectivity index (χ4n) is 1.39. The van der Waals surface area contributed by atoms with Crippen molar-refractivity contribution < 1.29 is 13.9 Å². The third-order valence-corrected chi connectivity index (χ3v) is 2.30. The number of hydrogen-bond acceptors (Lipinski definition) is 3. The first-order chi connectivity index (χ1) is 5.52. The van der Waals surface area contributed by atoms with Crippen molar-refractivity contribution in [2.45, 2.75) is 24.4 Å². The highest BCUT2D eigenvalue weighted by Crippen LogP contribution is 2.32. The molecule has 1 aliphatic heterocycles. The largest absolute Gasteiger partial charge is 0.382 e. The van der Waals surface area contributed by atoms with Crippen molar-refractivity contribution in [3.05, 3.63) is 0 Å². The summed E-state index contributed by atoms with van der Waals surface area (Å²) >= 11 is 0. The number of nitrogens with one attached hydrogen (secondary N) is 1. The van der Waals surface area contributed by atoms with Crippen molar-refractivity contribution in [2.75, 3.05) is 19.6 Å². The molecule has 1 atom stereocenters. The molecule has 1 rings (SSSR count). The van der Waals surface area contributed by atoms with Crippen LogP contribution in [0.5, 0.6) is 0 Å². The topological polar surface area (TPSA) is 58.3 Å². The molecule has 5 heteroatoms. The van der Waals surface area contributed by atoms with Crippen molar-refractivity contribution in [2.24, 2.45) is 5.73 Å². The van der Waals surface area contributed by atoms with Crippen LogP contribution in [0.15, 0.2) is 0 Å². The maximum Gasteiger partial charge on any atom is 0.289 e. The molecule has 0 radical (unpaired) electrons. The van der Waals surface area contributed by atoms with Crippen molar-refractivity contribution >= 4 is 0 Å². The fraction of sp³-hybridized carbons (Fsp3) is 1.00. The van der Waals surface area contributed by atoms with Gasteiger partial charge in [-0.25, -0.2) is 8.78 Å². The number of alkyl halides is 2. The van der Waals surface area contributed by atoms with E-state index >= 15 is 0 Å². The van der Waals surface area contributed by atoms with Gasteiger partial charge in [-0.1, -0.05) is 0 Å². The molecule has 1 heterocycles. The van der Waals surface area contributed by atoms with Gasteiger partial charge in [0.1, 0.15) is 5.60 Å². The van der Waals surface area contributed by atoms with Crippen LogP contribution in [0.1, 0.15) is 12.8 Å². The first-order valence-electron chi connectivity index (χ1n) is 4.03. The van der Waals surface area contributed by atoms with Crippen molar-refractivity contribution in [3.63, 3.8) is 0 Å². The molecule has 0 aromatic rings. The minimum Gasteiger partial charge on any atom is -0.382 e. The SMILES string of the molecule is NCC(F)(F)C1(O)CCCNC1. The molecular weight excluding hydrogens is 166 g/mol. The molecule has 3 nitrogen and oxygen atoms in total. The zero-order chi connectivity index (χ0) is 9.24.